The van der Waals surface area contributed by atoms with E-state index in [1.54, 1.807) is 7.11 Å². The van der Waals surface area contributed by atoms with Gasteiger partial charge in [0.15, 0.2) is 0 Å². The van der Waals surface area contributed by atoms with E-state index in [4.69, 9.17) is 4.74 Å². The summed E-state index contributed by atoms with van der Waals surface area (Å²) in [5, 5.41) is 3.44. The number of hydrogen-bond acceptors (Lipinski definition) is 3. The van der Waals surface area contributed by atoms with Crippen LogP contribution in [0, 0.1) is 5.41 Å². The molecule has 4 heteroatoms. The van der Waals surface area contributed by atoms with Crippen LogP contribution in [0.2, 0.25) is 0 Å². The van der Waals surface area contributed by atoms with Crippen LogP contribution in [0.4, 0.5) is 0 Å². The summed E-state index contributed by atoms with van der Waals surface area (Å²) < 4.78 is 5.48. The van der Waals surface area contributed by atoms with Gasteiger partial charge in [0, 0.05) is 18.6 Å². The van der Waals surface area contributed by atoms with Crippen molar-refractivity contribution in [2.24, 2.45) is 5.41 Å². The lowest BCUT2D eigenvalue weighted by Crippen LogP contribution is -2.64. The summed E-state index contributed by atoms with van der Waals surface area (Å²) in [7, 11) is 1.76. The standard InChI is InChI=1S/C14H26N2O2/c1-7-14(5)12(17)16(9(2)15-14)10-8-11(18-6)13(10,3)4/h9-11,15H,7-8H2,1-6H3. The van der Waals surface area contributed by atoms with E-state index in [1.165, 1.54) is 0 Å². The highest BCUT2D eigenvalue weighted by molar-refractivity contribution is 5.88. The third-order valence-corrected chi connectivity index (χ3v) is 5.10. The molecule has 0 spiro atoms. The number of rotatable bonds is 3. The van der Waals surface area contributed by atoms with Crippen LogP contribution in [0.15, 0.2) is 0 Å². The predicted molar refractivity (Wildman–Crippen MR) is 71.1 cm³/mol. The van der Waals surface area contributed by atoms with Gasteiger partial charge in [-0.2, -0.15) is 0 Å². The largest absolute Gasteiger partial charge is 0.381 e. The molecule has 2 rings (SSSR count). The van der Waals surface area contributed by atoms with Gasteiger partial charge in [-0.15, -0.1) is 0 Å². The number of hydrogen-bond donors (Lipinski definition) is 1. The number of carbonyl (C=O) groups is 1. The third kappa shape index (κ3) is 1.69. The maximum absolute atomic E-state index is 12.6. The molecule has 1 saturated carbocycles. The maximum atomic E-state index is 12.6. The van der Waals surface area contributed by atoms with Gasteiger partial charge in [-0.3, -0.25) is 10.1 Å². The summed E-state index contributed by atoms with van der Waals surface area (Å²) in [6.45, 7) is 10.5. The zero-order valence-corrected chi connectivity index (χ0v) is 12.4. The molecule has 1 saturated heterocycles. The molecular formula is C14H26N2O2. The molecule has 4 nitrogen and oxygen atoms in total. The number of ether oxygens (including phenoxy) is 1. The molecule has 2 aliphatic rings. The van der Waals surface area contributed by atoms with Crippen LogP contribution in [0.3, 0.4) is 0 Å². The molecule has 4 unspecified atom stereocenters. The fourth-order valence-corrected chi connectivity index (χ4v) is 3.45. The Morgan fingerprint density at radius 1 is 1.44 bits per heavy atom. The zero-order chi connectivity index (χ0) is 13.7. The van der Waals surface area contributed by atoms with Crippen LogP contribution in [0.25, 0.3) is 0 Å². The maximum Gasteiger partial charge on any atom is 0.244 e. The average Bonchev–Trinajstić information content (AvgIpc) is 2.52. The molecule has 1 heterocycles. The van der Waals surface area contributed by atoms with Gasteiger partial charge >= 0.3 is 0 Å². The van der Waals surface area contributed by atoms with Crippen molar-refractivity contribution in [3.8, 4) is 0 Å². The topological polar surface area (TPSA) is 41.6 Å². The Balaban J connectivity index is 2.19. The van der Waals surface area contributed by atoms with E-state index in [0.29, 0.717) is 0 Å². The van der Waals surface area contributed by atoms with Crippen LogP contribution in [-0.2, 0) is 9.53 Å². The number of nitrogens with one attached hydrogen (secondary N) is 1. The Hall–Kier alpha value is -0.610. The number of methoxy groups -OCH3 is 1. The minimum Gasteiger partial charge on any atom is -0.381 e. The molecule has 1 aliphatic heterocycles. The van der Waals surface area contributed by atoms with Crippen molar-refractivity contribution >= 4 is 5.91 Å². The monoisotopic (exact) mass is 254 g/mol. The van der Waals surface area contributed by atoms with Gasteiger partial charge < -0.3 is 9.64 Å². The van der Waals surface area contributed by atoms with E-state index in [9.17, 15) is 4.79 Å². The van der Waals surface area contributed by atoms with Gasteiger partial charge in [-0.1, -0.05) is 20.8 Å². The van der Waals surface area contributed by atoms with Crippen molar-refractivity contribution in [1.82, 2.24) is 10.2 Å². The first-order valence-corrected chi connectivity index (χ1v) is 6.91. The fourth-order valence-electron chi connectivity index (χ4n) is 3.45. The van der Waals surface area contributed by atoms with Gasteiger partial charge in [0.05, 0.1) is 17.8 Å². The zero-order valence-electron chi connectivity index (χ0n) is 12.4. The lowest BCUT2D eigenvalue weighted by Gasteiger charge is -2.55. The molecule has 18 heavy (non-hydrogen) atoms. The molecule has 4 atom stereocenters. The Labute approximate surface area is 110 Å². The molecule has 1 aliphatic carbocycles. The first-order valence-electron chi connectivity index (χ1n) is 6.91. The first-order chi connectivity index (χ1) is 8.28. The second kappa shape index (κ2) is 4.20. The van der Waals surface area contributed by atoms with Crippen molar-refractivity contribution in [3.63, 3.8) is 0 Å². The van der Waals surface area contributed by atoms with Crippen molar-refractivity contribution < 1.29 is 9.53 Å². The van der Waals surface area contributed by atoms with E-state index in [0.717, 1.165) is 12.8 Å². The summed E-state index contributed by atoms with van der Waals surface area (Å²) in [6.07, 6.45) is 2.15. The van der Waals surface area contributed by atoms with Crippen LogP contribution in [-0.4, -0.2) is 41.8 Å². The van der Waals surface area contributed by atoms with Gasteiger partial charge in [0.2, 0.25) is 5.91 Å². The summed E-state index contributed by atoms with van der Waals surface area (Å²) in [6, 6.07) is 0.283. The molecule has 0 aromatic heterocycles. The highest BCUT2D eigenvalue weighted by Gasteiger charge is 2.58. The number of amides is 1. The molecule has 0 bridgehead atoms. The Morgan fingerprint density at radius 3 is 2.44 bits per heavy atom. The molecule has 0 aromatic carbocycles. The van der Waals surface area contributed by atoms with Crippen LogP contribution < -0.4 is 5.32 Å². The van der Waals surface area contributed by atoms with Gasteiger partial charge in [0.1, 0.15) is 0 Å². The third-order valence-electron chi connectivity index (χ3n) is 5.10. The van der Waals surface area contributed by atoms with Crippen LogP contribution >= 0.6 is 0 Å². The molecular weight excluding hydrogens is 228 g/mol. The van der Waals surface area contributed by atoms with Crippen LogP contribution in [0.5, 0.6) is 0 Å². The van der Waals surface area contributed by atoms with E-state index in [2.05, 4.69) is 33.0 Å². The summed E-state index contributed by atoms with van der Waals surface area (Å²) in [4.78, 5) is 14.6. The Kier molecular flexibility index (Phi) is 3.23. The average molecular weight is 254 g/mol. The van der Waals surface area contributed by atoms with Gasteiger partial charge in [-0.25, -0.2) is 0 Å². The normalized spacial score (nSPS) is 43.1. The van der Waals surface area contributed by atoms with Crippen molar-refractivity contribution in [2.75, 3.05) is 7.11 Å². The lowest BCUT2D eigenvalue weighted by molar-refractivity contribution is -0.162. The highest BCUT2D eigenvalue weighted by Crippen LogP contribution is 2.47. The first kappa shape index (κ1) is 13.8. The minimum atomic E-state index is -0.395. The van der Waals surface area contributed by atoms with E-state index >= 15 is 0 Å². The Bertz CT molecular complexity index is 356. The summed E-state index contributed by atoms with van der Waals surface area (Å²) >= 11 is 0. The van der Waals surface area contributed by atoms with Crippen molar-refractivity contribution in [1.29, 1.82) is 0 Å². The quantitative estimate of drug-likeness (QED) is 0.834. The smallest absolute Gasteiger partial charge is 0.244 e. The predicted octanol–water partition coefficient (Wildman–Crippen LogP) is 1.75. The van der Waals surface area contributed by atoms with E-state index in [1.807, 2.05) is 11.8 Å². The molecule has 1 N–H and O–H groups in total. The van der Waals surface area contributed by atoms with Crippen LogP contribution in [0.1, 0.15) is 47.5 Å². The lowest BCUT2D eigenvalue weighted by atomic mass is 9.63. The molecule has 104 valence electrons. The number of carbonyl (C=O) groups excluding carboxylic acids is 1. The van der Waals surface area contributed by atoms with E-state index < -0.39 is 5.54 Å². The van der Waals surface area contributed by atoms with Gasteiger partial charge in [0.25, 0.3) is 0 Å². The van der Waals surface area contributed by atoms with Crippen molar-refractivity contribution in [3.05, 3.63) is 0 Å². The molecule has 0 aromatic rings. The summed E-state index contributed by atoms with van der Waals surface area (Å²) in [5.41, 5.74) is -0.354. The molecule has 2 fully saturated rings. The highest BCUT2D eigenvalue weighted by atomic mass is 16.5. The number of nitrogens with zero attached hydrogens (tertiary/aromatic N) is 1. The second-order valence-electron chi connectivity index (χ2n) is 6.52. The molecule has 1 amide bonds. The second-order valence-corrected chi connectivity index (χ2v) is 6.52. The SMILES string of the molecule is CCC1(C)NC(C)N(C2CC(OC)C2(C)C)C1=O. The fraction of sp³-hybridized carbons (Fsp3) is 0.929. The van der Waals surface area contributed by atoms with Crippen molar-refractivity contribution in [2.45, 2.75) is 71.3 Å². The minimum absolute atomic E-state index is 0.0410. The molecule has 0 radical (unpaired) electrons. The van der Waals surface area contributed by atoms with E-state index in [-0.39, 0.29) is 29.6 Å². The summed E-state index contributed by atoms with van der Waals surface area (Å²) in [5.74, 6) is 0.241. The Morgan fingerprint density at radius 2 is 2.06 bits per heavy atom. The van der Waals surface area contributed by atoms with Gasteiger partial charge in [-0.05, 0) is 26.7 Å².